The van der Waals surface area contributed by atoms with E-state index in [1.54, 1.807) is 0 Å². The molecule has 2 aromatic carbocycles. The van der Waals surface area contributed by atoms with E-state index < -0.39 is 21.7 Å². The molecule has 0 aliphatic heterocycles. The highest BCUT2D eigenvalue weighted by molar-refractivity contribution is 7.88. The predicted octanol–water partition coefficient (Wildman–Crippen LogP) is 2.53. The summed E-state index contributed by atoms with van der Waals surface area (Å²) in [5, 5.41) is 2.56. The third-order valence-corrected chi connectivity index (χ3v) is 4.55. The zero-order chi connectivity index (χ0) is 17.7. The van der Waals surface area contributed by atoms with Crippen molar-refractivity contribution in [2.75, 3.05) is 18.1 Å². The van der Waals surface area contributed by atoms with Crippen molar-refractivity contribution >= 4 is 21.6 Å². The van der Waals surface area contributed by atoms with E-state index in [0.717, 1.165) is 21.7 Å². The molecule has 1 N–H and O–H groups in total. The first kappa shape index (κ1) is 18.1. The molecule has 0 aliphatic carbocycles. The van der Waals surface area contributed by atoms with Gasteiger partial charge < -0.3 is 5.32 Å². The van der Waals surface area contributed by atoms with Crippen LogP contribution in [0.2, 0.25) is 0 Å². The van der Waals surface area contributed by atoms with Gasteiger partial charge in [-0.1, -0.05) is 29.8 Å². The molecular formula is C17H19FN2O3S. The summed E-state index contributed by atoms with van der Waals surface area (Å²) in [5.74, 6) is -0.898. The lowest BCUT2D eigenvalue weighted by Crippen LogP contribution is -2.36. The van der Waals surface area contributed by atoms with Crippen molar-refractivity contribution in [1.29, 1.82) is 0 Å². The Morgan fingerprint density at radius 3 is 2.42 bits per heavy atom. The number of sulfonamides is 1. The molecule has 0 atom stereocenters. The third kappa shape index (κ3) is 5.43. The molecule has 0 bridgehead atoms. The molecule has 0 aliphatic rings. The maximum Gasteiger partial charge on any atom is 0.239 e. The van der Waals surface area contributed by atoms with Gasteiger partial charge in [0.1, 0.15) is 5.82 Å². The first-order chi connectivity index (χ1) is 11.2. The Kier molecular flexibility index (Phi) is 5.69. The maximum absolute atomic E-state index is 12.9. The van der Waals surface area contributed by atoms with Gasteiger partial charge in [0, 0.05) is 12.2 Å². The Morgan fingerprint density at radius 2 is 1.83 bits per heavy atom. The SMILES string of the molecule is Cc1cccc(CN(CC(=O)Nc2ccc(F)cc2)S(C)(=O)=O)c1. The number of amides is 1. The Balaban J connectivity index is 2.08. The van der Waals surface area contributed by atoms with E-state index in [2.05, 4.69) is 5.32 Å². The van der Waals surface area contributed by atoms with Crippen molar-refractivity contribution in [1.82, 2.24) is 4.31 Å². The smallest absolute Gasteiger partial charge is 0.239 e. The average Bonchev–Trinajstić information content (AvgIpc) is 2.48. The van der Waals surface area contributed by atoms with Crippen LogP contribution < -0.4 is 5.32 Å². The number of nitrogens with one attached hydrogen (secondary N) is 1. The first-order valence-corrected chi connectivity index (χ1v) is 9.15. The second-order valence-corrected chi connectivity index (χ2v) is 7.56. The molecule has 0 fully saturated rings. The van der Waals surface area contributed by atoms with Crippen LogP contribution in [0.4, 0.5) is 10.1 Å². The topological polar surface area (TPSA) is 66.5 Å². The summed E-state index contributed by atoms with van der Waals surface area (Å²) in [5.41, 5.74) is 2.22. The molecule has 0 saturated heterocycles. The minimum Gasteiger partial charge on any atom is -0.325 e. The van der Waals surface area contributed by atoms with Crippen LogP contribution in [0.3, 0.4) is 0 Å². The first-order valence-electron chi connectivity index (χ1n) is 7.30. The number of hydrogen-bond donors (Lipinski definition) is 1. The number of hydrogen-bond acceptors (Lipinski definition) is 3. The largest absolute Gasteiger partial charge is 0.325 e. The average molecular weight is 350 g/mol. The van der Waals surface area contributed by atoms with Gasteiger partial charge >= 0.3 is 0 Å². The molecule has 2 aromatic rings. The molecular weight excluding hydrogens is 331 g/mol. The summed E-state index contributed by atoms with van der Waals surface area (Å²) in [6.07, 6.45) is 1.06. The number of rotatable bonds is 6. The molecule has 0 spiro atoms. The Hall–Kier alpha value is -2.25. The molecule has 0 saturated carbocycles. The summed E-state index contributed by atoms with van der Waals surface area (Å²) in [4.78, 5) is 12.1. The van der Waals surface area contributed by atoms with E-state index in [-0.39, 0.29) is 13.1 Å². The Labute approximate surface area is 141 Å². The molecule has 0 unspecified atom stereocenters. The quantitative estimate of drug-likeness (QED) is 0.871. The molecule has 24 heavy (non-hydrogen) atoms. The van der Waals surface area contributed by atoms with Gasteiger partial charge in [-0.15, -0.1) is 0 Å². The normalized spacial score (nSPS) is 11.5. The summed E-state index contributed by atoms with van der Waals surface area (Å²) < 4.78 is 37.9. The number of carbonyl (C=O) groups is 1. The van der Waals surface area contributed by atoms with Gasteiger partial charge in [0.25, 0.3) is 0 Å². The molecule has 1 amide bonds. The van der Waals surface area contributed by atoms with E-state index in [0.29, 0.717) is 5.69 Å². The summed E-state index contributed by atoms with van der Waals surface area (Å²) in [6.45, 7) is 1.71. The van der Waals surface area contributed by atoms with E-state index in [4.69, 9.17) is 0 Å². The van der Waals surface area contributed by atoms with Crippen molar-refractivity contribution in [2.45, 2.75) is 13.5 Å². The minimum absolute atomic E-state index is 0.108. The summed E-state index contributed by atoms with van der Waals surface area (Å²) in [7, 11) is -3.56. The van der Waals surface area contributed by atoms with Gasteiger partial charge in [-0.3, -0.25) is 4.79 Å². The van der Waals surface area contributed by atoms with E-state index in [1.807, 2.05) is 31.2 Å². The van der Waals surface area contributed by atoms with Crippen LogP contribution in [0.15, 0.2) is 48.5 Å². The molecule has 7 heteroatoms. The van der Waals surface area contributed by atoms with Crippen LogP contribution in [0, 0.1) is 12.7 Å². The number of benzene rings is 2. The molecule has 0 aromatic heterocycles. The standard InChI is InChI=1S/C17H19FN2O3S/c1-13-4-3-5-14(10-13)11-20(24(2,22)23)12-17(21)19-16-8-6-15(18)7-9-16/h3-10H,11-12H2,1-2H3,(H,19,21). The summed E-state index contributed by atoms with van der Waals surface area (Å²) in [6, 6.07) is 12.7. The van der Waals surface area contributed by atoms with Gasteiger partial charge in [-0.2, -0.15) is 4.31 Å². The second kappa shape index (κ2) is 7.55. The van der Waals surface area contributed by atoms with Gasteiger partial charge in [-0.25, -0.2) is 12.8 Å². The molecule has 5 nitrogen and oxygen atoms in total. The van der Waals surface area contributed by atoms with Gasteiger partial charge in [0.05, 0.1) is 12.8 Å². The zero-order valence-corrected chi connectivity index (χ0v) is 14.3. The summed E-state index contributed by atoms with van der Waals surface area (Å²) >= 11 is 0. The fraction of sp³-hybridized carbons (Fsp3) is 0.235. The van der Waals surface area contributed by atoms with Crippen molar-refractivity contribution in [3.8, 4) is 0 Å². The number of nitrogens with zero attached hydrogens (tertiary/aromatic N) is 1. The van der Waals surface area contributed by atoms with Gasteiger partial charge in [-0.05, 0) is 36.8 Å². The second-order valence-electron chi connectivity index (χ2n) is 5.58. The number of halogens is 1. The monoisotopic (exact) mass is 350 g/mol. The van der Waals surface area contributed by atoms with Crippen LogP contribution in [0.25, 0.3) is 0 Å². The lowest BCUT2D eigenvalue weighted by molar-refractivity contribution is -0.116. The van der Waals surface area contributed by atoms with Crippen molar-refractivity contribution in [2.24, 2.45) is 0 Å². The molecule has 128 valence electrons. The highest BCUT2D eigenvalue weighted by atomic mass is 32.2. The lowest BCUT2D eigenvalue weighted by Gasteiger charge is -2.20. The van der Waals surface area contributed by atoms with E-state index in [9.17, 15) is 17.6 Å². The highest BCUT2D eigenvalue weighted by Crippen LogP contribution is 2.12. The fourth-order valence-electron chi connectivity index (χ4n) is 2.20. The van der Waals surface area contributed by atoms with Crippen LogP contribution in [0.5, 0.6) is 0 Å². The van der Waals surface area contributed by atoms with Crippen LogP contribution in [0.1, 0.15) is 11.1 Å². The molecule has 0 heterocycles. The minimum atomic E-state index is -3.56. The van der Waals surface area contributed by atoms with Crippen LogP contribution >= 0.6 is 0 Å². The van der Waals surface area contributed by atoms with E-state index >= 15 is 0 Å². The van der Waals surface area contributed by atoms with Crippen molar-refractivity contribution < 1.29 is 17.6 Å². The highest BCUT2D eigenvalue weighted by Gasteiger charge is 2.20. The van der Waals surface area contributed by atoms with Crippen molar-refractivity contribution in [3.63, 3.8) is 0 Å². The Morgan fingerprint density at radius 1 is 1.17 bits per heavy atom. The Bertz CT molecular complexity index is 820. The van der Waals surface area contributed by atoms with Crippen LogP contribution in [-0.4, -0.2) is 31.4 Å². The number of carbonyl (C=O) groups excluding carboxylic acids is 1. The molecule has 2 rings (SSSR count). The number of aryl methyl sites for hydroxylation is 1. The zero-order valence-electron chi connectivity index (χ0n) is 13.5. The fourth-order valence-corrected chi connectivity index (χ4v) is 2.93. The van der Waals surface area contributed by atoms with Gasteiger partial charge in [0.15, 0.2) is 0 Å². The van der Waals surface area contributed by atoms with Crippen LogP contribution in [-0.2, 0) is 21.4 Å². The predicted molar refractivity (Wildman–Crippen MR) is 91.5 cm³/mol. The molecule has 0 radical (unpaired) electrons. The van der Waals surface area contributed by atoms with E-state index in [1.165, 1.54) is 24.3 Å². The van der Waals surface area contributed by atoms with Crippen molar-refractivity contribution in [3.05, 3.63) is 65.5 Å². The number of anilines is 1. The third-order valence-electron chi connectivity index (χ3n) is 3.36. The maximum atomic E-state index is 12.9. The lowest BCUT2D eigenvalue weighted by atomic mass is 10.1. The van der Waals surface area contributed by atoms with Gasteiger partial charge in [0.2, 0.25) is 15.9 Å².